The van der Waals surface area contributed by atoms with Crippen molar-refractivity contribution in [1.29, 1.82) is 0 Å². The van der Waals surface area contributed by atoms with Gasteiger partial charge in [0.15, 0.2) is 0 Å². The number of carbonyl (C=O) groups excluding carboxylic acids is 2. The van der Waals surface area contributed by atoms with Crippen molar-refractivity contribution in [3.05, 3.63) is 35.4 Å². The Morgan fingerprint density at radius 1 is 1.39 bits per heavy atom. The van der Waals surface area contributed by atoms with Crippen molar-refractivity contribution in [3.8, 4) is 0 Å². The highest BCUT2D eigenvalue weighted by Gasteiger charge is 2.32. The van der Waals surface area contributed by atoms with Crippen molar-refractivity contribution in [2.45, 2.75) is 32.9 Å². The second-order valence-electron chi connectivity index (χ2n) is 4.41. The van der Waals surface area contributed by atoms with Crippen LogP contribution >= 0.6 is 0 Å². The molecular formula is C14H18N2O2. The van der Waals surface area contributed by atoms with Crippen molar-refractivity contribution >= 4 is 11.8 Å². The SMILES string of the molecule is CCC(=O)N[C@@H]1C(=O)N(CC)Cc2ccccc21. The van der Waals surface area contributed by atoms with Crippen LogP contribution in [0.25, 0.3) is 0 Å². The number of benzene rings is 1. The minimum atomic E-state index is -0.526. The van der Waals surface area contributed by atoms with Crippen molar-refractivity contribution in [3.63, 3.8) is 0 Å². The average molecular weight is 246 g/mol. The van der Waals surface area contributed by atoms with Crippen LogP contribution in [0, 0.1) is 0 Å². The summed E-state index contributed by atoms with van der Waals surface area (Å²) in [5.74, 6) is -0.112. The summed E-state index contributed by atoms with van der Waals surface area (Å²) >= 11 is 0. The van der Waals surface area contributed by atoms with Gasteiger partial charge in [0.05, 0.1) is 0 Å². The van der Waals surface area contributed by atoms with Crippen LogP contribution in [0.4, 0.5) is 0 Å². The normalized spacial score (nSPS) is 18.4. The zero-order chi connectivity index (χ0) is 13.1. The van der Waals surface area contributed by atoms with Gasteiger partial charge in [-0.2, -0.15) is 0 Å². The van der Waals surface area contributed by atoms with E-state index in [-0.39, 0.29) is 11.8 Å². The molecule has 0 aliphatic carbocycles. The molecule has 0 bridgehead atoms. The van der Waals surface area contributed by atoms with Gasteiger partial charge >= 0.3 is 0 Å². The predicted octanol–water partition coefficient (Wildman–Crippen LogP) is 1.62. The summed E-state index contributed by atoms with van der Waals surface area (Å²) in [4.78, 5) is 25.6. The first-order chi connectivity index (χ1) is 8.67. The fraction of sp³-hybridized carbons (Fsp3) is 0.429. The van der Waals surface area contributed by atoms with E-state index in [2.05, 4.69) is 5.32 Å². The third-order valence-electron chi connectivity index (χ3n) is 3.29. The Morgan fingerprint density at radius 3 is 2.78 bits per heavy atom. The fourth-order valence-electron chi connectivity index (χ4n) is 2.23. The number of hydrogen-bond acceptors (Lipinski definition) is 2. The Hall–Kier alpha value is -1.84. The molecule has 1 aromatic carbocycles. The van der Waals surface area contributed by atoms with E-state index in [4.69, 9.17) is 0 Å². The number of amides is 2. The molecule has 0 spiro atoms. The lowest BCUT2D eigenvalue weighted by atomic mass is 9.94. The molecule has 4 heteroatoms. The van der Waals surface area contributed by atoms with Crippen LogP contribution in [0.3, 0.4) is 0 Å². The summed E-state index contributed by atoms with van der Waals surface area (Å²) in [6, 6.07) is 7.26. The van der Waals surface area contributed by atoms with E-state index in [0.29, 0.717) is 19.5 Å². The van der Waals surface area contributed by atoms with Crippen LogP contribution in [0.2, 0.25) is 0 Å². The van der Waals surface area contributed by atoms with E-state index in [0.717, 1.165) is 11.1 Å². The van der Waals surface area contributed by atoms with Crippen molar-refractivity contribution in [2.24, 2.45) is 0 Å². The van der Waals surface area contributed by atoms with Gasteiger partial charge < -0.3 is 10.2 Å². The standard InChI is InChI=1S/C14H18N2O2/c1-3-12(17)15-13-11-8-6-5-7-10(11)9-16(4-2)14(13)18/h5-8,13H,3-4,9H2,1-2H3,(H,15,17)/t13-/m0/s1. The van der Waals surface area contributed by atoms with Gasteiger partial charge in [0.1, 0.15) is 6.04 Å². The van der Waals surface area contributed by atoms with Gasteiger partial charge in [0.25, 0.3) is 0 Å². The second-order valence-corrected chi connectivity index (χ2v) is 4.41. The molecule has 0 aromatic heterocycles. The first-order valence-corrected chi connectivity index (χ1v) is 6.33. The van der Waals surface area contributed by atoms with Crippen LogP contribution in [0.5, 0.6) is 0 Å². The van der Waals surface area contributed by atoms with Crippen LogP contribution in [0.15, 0.2) is 24.3 Å². The van der Waals surface area contributed by atoms with Crippen molar-refractivity contribution in [2.75, 3.05) is 6.54 Å². The minimum absolute atomic E-state index is 0.0157. The molecule has 0 unspecified atom stereocenters. The van der Waals surface area contributed by atoms with Crippen molar-refractivity contribution in [1.82, 2.24) is 10.2 Å². The smallest absolute Gasteiger partial charge is 0.250 e. The van der Waals surface area contributed by atoms with Gasteiger partial charge in [-0.3, -0.25) is 9.59 Å². The molecule has 2 amide bonds. The first kappa shape index (κ1) is 12.6. The molecule has 0 fully saturated rings. The number of nitrogens with one attached hydrogen (secondary N) is 1. The molecule has 4 nitrogen and oxygen atoms in total. The summed E-state index contributed by atoms with van der Waals surface area (Å²) in [5.41, 5.74) is 2.04. The molecular weight excluding hydrogens is 228 g/mol. The average Bonchev–Trinajstić information content (AvgIpc) is 2.41. The number of hydrogen-bond donors (Lipinski definition) is 1. The Bertz CT molecular complexity index is 471. The van der Waals surface area contributed by atoms with Crippen molar-refractivity contribution < 1.29 is 9.59 Å². The van der Waals surface area contributed by atoms with Crippen LogP contribution in [-0.4, -0.2) is 23.3 Å². The Morgan fingerprint density at radius 2 is 2.11 bits per heavy atom. The molecule has 1 N–H and O–H groups in total. The summed E-state index contributed by atoms with van der Waals surface area (Å²) < 4.78 is 0. The third kappa shape index (κ3) is 2.23. The van der Waals surface area contributed by atoms with Gasteiger partial charge in [0, 0.05) is 19.5 Å². The van der Waals surface area contributed by atoms with E-state index in [1.54, 1.807) is 11.8 Å². The number of rotatable bonds is 3. The molecule has 1 aromatic rings. The molecule has 96 valence electrons. The second kappa shape index (κ2) is 5.21. The summed E-state index contributed by atoms with van der Waals surface area (Å²) in [6.45, 7) is 5.02. The molecule has 18 heavy (non-hydrogen) atoms. The lowest BCUT2D eigenvalue weighted by Gasteiger charge is -2.33. The van der Waals surface area contributed by atoms with Gasteiger partial charge in [0.2, 0.25) is 11.8 Å². The molecule has 1 aliphatic heterocycles. The van der Waals surface area contributed by atoms with Crippen LogP contribution < -0.4 is 5.32 Å². The van der Waals surface area contributed by atoms with Gasteiger partial charge in [-0.1, -0.05) is 31.2 Å². The molecule has 2 rings (SSSR count). The monoisotopic (exact) mass is 246 g/mol. The fourth-order valence-corrected chi connectivity index (χ4v) is 2.23. The van der Waals surface area contributed by atoms with Gasteiger partial charge in [-0.05, 0) is 18.1 Å². The number of fused-ring (bicyclic) bond motifs is 1. The quantitative estimate of drug-likeness (QED) is 0.881. The molecule has 0 saturated carbocycles. The zero-order valence-electron chi connectivity index (χ0n) is 10.8. The highest BCUT2D eigenvalue weighted by molar-refractivity contribution is 5.90. The van der Waals surface area contributed by atoms with E-state index < -0.39 is 6.04 Å². The first-order valence-electron chi connectivity index (χ1n) is 6.33. The molecule has 0 radical (unpaired) electrons. The highest BCUT2D eigenvalue weighted by atomic mass is 16.2. The molecule has 1 heterocycles. The number of nitrogens with zero attached hydrogens (tertiary/aromatic N) is 1. The van der Waals surface area contributed by atoms with Crippen LogP contribution in [-0.2, 0) is 16.1 Å². The topological polar surface area (TPSA) is 49.4 Å². The number of carbonyl (C=O) groups is 2. The summed E-state index contributed by atoms with van der Waals surface area (Å²) in [6.07, 6.45) is 0.387. The Labute approximate surface area is 107 Å². The largest absolute Gasteiger partial charge is 0.341 e. The van der Waals surface area contributed by atoms with Crippen LogP contribution in [0.1, 0.15) is 37.4 Å². The summed E-state index contributed by atoms with van der Waals surface area (Å²) in [5, 5.41) is 2.81. The zero-order valence-corrected chi connectivity index (χ0v) is 10.8. The predicted molar refractivity (Wildman–Crippen MR) is 68.7 cm³/mol. The van der Waals surface area contributed by atoms with E-state index in [9.17, 15) is 9.59 Å². The maximum absolute atomic E-state index is 12.3. The molecule has 1 aliphatic rings. The number of likely N-dealkylation sites (N-methyl/N-ethyl adjacent to an activating group) is 1. The molecule has 0 saturated heterocycles. The highest BCUT2D eigenvalue weighted by Crippen LogP contribution is 2.27. The Kier molecular flexibility index (Phi) is 3.65. The lowest BCUT2D eigenvalue weighted by molar-refractivity contribution is -0.138. The minimum Gasteiger partial charge on any atom is -0.341 e. The Balaban J connectivity index is 2.35. The third-order valence-corrected chi connectivity index (χ3v) is 3.29. The summed E-state index contributed by atoms with van der Waals surface area (Å²) in [7, 11) is 0. The van der Waals surface area contributed by atoms with Gasteiger partial charge in [-0.15, -0.1) is 0 Å². The maximum Gasteiger partial charge on any atom is 0.250 e. The van der Waals surface area contributed by atoms with E-state index in [1.807, 2.05) is 31.2 Å². The van der Waals surface area contributed by atoms with E-state index >= 15 is 0 Å². The van der Waals surface area contributed by atoms with Gasteiger partial charge in [-0.25, -0.2) is 0 Å². The van der Waals surface area contributed by atoms with E-state index in [1.165, 1.54) is 0 Å². The molecule has 1 atom stereocenters. The maximum atomic E-state index is 12.3. The lowest BCUT2D eigenvalue weighted by Crippen LogP contribution is -2.46.